The molecule has 0 aliphatic carbocycles. The third-order valence-electron chi connectivity index (χ3n) is 12.9. The van der Waals surface area contributed by atoms with Gasteiger partial charge in [0.2, 0.25) is 0 Å². The van der Waals surface area contributed by atoms with Gasteiger partial charge in [-0.2, -0.15) is 0 Å². The predicted octanol–water partition coefficient (Wildman–Crippen LogP) is 11.5. The first-order valence-corrected chi connectivity index (χ1v) is 21.9. The van der Waals surface area contributed by atoms with Gasteiger partial charge in [0.1, 0.15) is 26.4 Å². The Kier molecular flexibility index (Phi) is 8.80. The summed E-state index contributed by atoms with van der Waals surface area (Å²) in [4.78, 5) is 5.01. The number of rotatable bonds is 4. The highest BCUT2D eigenvalue weighted by Gasteiger charge is 2.45. The third kappa shape index (κ3) is 6.23. The van der Waals surface area contributed by atoms with Crippen molar-refractivity contribution in [2.24, 2.45) is 0 Å². The molecule has 0 saturated heterocycles. The quantitative estimate of drug-likeness (QED) is 0.165. The van der Waals surface area contributed by atoms with Crippen LogP contribution in [0.15, 0.2) is 133 Å². The molecule has 0 spiro atoms. The summed E-state index contributed by atoms with van der Waals surface area (Å²) in [7, 11) is 0. The van der Waals surface area contributed by atoms with Crippen molar-refractivity contribution < 1.29 is 18.9 Å². The number of nitrogens with zero attached hydrogens (tertiary/aromatic N) is 2. The van der Waals surface area contributed by atoms with E-state index in [2.05, 4.69) is 192 Å². The van der Waals surface area contributed by atoms with Gasteiger partial charge in [-0.3, -0.25) is 0 Å². The summed E-state index contributed by atoms with van der Waals surface area (Å²) in [5, 5.41) is 0. The topological polar surface area (TPSA) is 43.4 Å². The predicted molar refractivity (Wildman–Crippen MR) is 255 cm³/mol. The highest BCUT2D eigenvalue weighted by atomic mass is 16.6. The summed E-state index contributed by atoms with van der Waals surface area (Å²) < 4.78 is 25.3. The monoisotopic (exact) mass is 814 g/mol. The van der Waals surface area contributed by atoms with Gasteiger partial charge < -0.3 is 28.7 Å². The van der Waals surface area contributed by atoms with Crippen LogP contribution in [0.2, 0.25) is 0 Å². The molecule has 4 heterocycles. The molecule has 0 saturated carbocycles. The lowest BCUT2D eigenvalue weighted by Gasteiger charge is -2.46. The van der Waals surface area contributed by atoms with E-state index in [1.807, 2.05) is 0 Å². The van der Waals surface area contributed by atoms with Crippen molar-refractivity contribution in [3.63, 3.8) is 0 Å². The van der Waals surface area contributed by atoms with Crippen molar-refractivity contribution in [2.75, 3.05) is 36.2 Å². The first kappa shape index (κ1) is 38.3. The number of anilines is 6. The van der Waals surface area contributed by atoms with Gasteiger partial charge in [0.05, 0.1) is 11.4 Å². The lowest BCUT2D eigenvalue weighted by molar-refractivity contribution is 0.172. The molecule has 11 rings (SSSR count). The molecule has 0 atom stereocenters. The second-order valence-electron chi connectivity index (χ2n) is 19.1. The average molecular weight is 815 g/mol. The molecule has 0 bridgehead atoms. The Morgan fingerprint density at radius 1 is 0.419 bits per heavy atom. The van der Waals surface area contributed by atoms with E-state index in [1.54, 1.807) is 0 Å². The summed E-state index contributed by atoms with van der Waals surface area (Å²) in [5.74, 6) is 3.05. The van der Waals surface area contributed by atoms with Crippen LogP contribution in [0.3, 0.4) is 0 Å². The molecule has 0 aromatic heterocycles. The summed E-state index contributed by atoms with van der Waals surface area (Å²) in [6.45, 7) is 18.1. The number of hydrogen-bond donors (Lipinski definition) is 0. The molecule has 0 unspecified atom stereocenters. The highest BCUT2D eigenvalue weighted by Crippen LogP contribution is 2.52. The molecule has 4 aliphatic rings. The number of ether oxygens (including phenoxy) is 4. The number of benzene rings is 7. The van der Waals surface area contributed by atoms with E-state index in [-0.39, 0.29) is 17.5 Å². The molecule has 0 amide bonds. The zero-order chi connectivity index (χ0) is 42.5. The Morgan fingerprint density at radius 3 is 1.19 bits per heavy atom. The van der Waals surface area contributed by atoms with Crippen molar-refractivity contribution in [1.82, 2.24) is 0 Å². The fraction of sp³-hybridized carbons (Fsp3) is 0.236. The summed E-state index contributed by atoms with van der Waals surface area (Å²) in [6.07, 6.45) is 0. The summed E-state index contributed by atoms with van der Waals surface area (Å²) >= 11 is 0. The van der Waals surface area contributed by atoms with Gasteiger partial charge >= 0.3 is 0 Å². The molecule has 6 nitrogen and oxygen atoms in total. The first-order chi connectivity index (χ1) is 29.9. The van der Waals surface area contributed by atoms with Gasteiger partial charge in [-0.15, -0.1) is 0 Å². The zero-order valence-electron chi connectivity index (χ0n) is 36.6. The van der Waals surface area contributed by atoms with E-state index >= 15 is 0 Å². The normalized spacial score (nSPS) is 14.9. The Labute approximate surface area is 365 Å². The number of aryl methyl sites for hydroxylation is 1. The molecule has 308 valence electrons. The van der Waals surface area contributed by atoms with E-state index in [0.717, 1.165) is 84.9 Å². The van der Waals surface area contributed by atoms with Gasteiger partial charge in [-0.25, -0.2) is 0 Å². The van der Waals surface area contributed by atoms with Crippen LogP contribution in [-0.2, 0) is 10.8 Å². The molecule has 0 fully saturated rings. The van der Waals surface area contributed by atoms with E-state index in [1.165, 1.54) is 27.5 Å². The highest BCUT2D eigenvalue weighted by molar-refractivity contribution is 7.00. The van der Waals surface area contributed by atoms with Crippen molar-refractivity contribution in [1.29, 1.82) is 0 Å². The first-order valence-electron chi connectivity index (χ1n) is 21.9. The van der Waals surface area contributed by atoms with Crippen LogP contribution in [0.5, 0.6) is 23.0 Å². The van der Waals surface area contributed by atoms with E-state index in [9.17, 15) is 0 Å². The van der Waals surface area contributed by atoms with Crippen LogP contribution in [0.4, 0.5) is 34.1 Å². The SMILES string of the molecule is Cc1cc2c3c(c1)N(c1cc4c(cc1-c1ccccc1)OCCO4)c1ccc(C(C)(C)C)cc1B3c1cc(C(C)(C)C)ccc1N2c1cc2c(cc1-c1ccccc1)OCCO2. The van der Waals surface area contributed by atoms with Crippen LogP contribution in [0, 0.1) is 6.92 Å². The zero-order valence-corrected chi connectivity index (χ0v) is 36.6. The van der Waals surface area contributed by atoms with Gasteiger partial charge in [-0.05, 0) is 98.4 Å². The minimum atomic E-state index is -0.0744. The van der Waals surface area contributed by atoms with Crippen molar-refractivity contribution >= 4 is 57.2 Å². The molecule has 7 aromatic carbocycles. The minimum Gasteiger partial charge on any atom is -0.486 e. The Morgan fingerprint density at radius 2 is 0.806 bits per heavy atom. The van der Waals surface area contributed by atoms with Crippen LogP contribution in [-0.4, -0.2) is 33.1 Å². The average Bonchev–Trinajstić information content (AvgIpc) is 3.27. The fourth-order valence-electron chi connectivity index (χ4n) is 9.82. The largest absolute Gasteiger partial charge is 0.486 e. The summed E-state index contributed by atoms with van der Waals surface area (Å²) in [6, 6.07) is 49.2. The van der Waals surface area contributed by atoms with Gasteiger partial charge in [0.15, 0.2) is 23.0 Å². The van der Waals surface area contributed by atoms with Crippen LogP contribution in [0.25, 0.3) is 22.3 Å². The molecule has 4 aliphatic heterocycles. The Balaban J connectivity index is 1.27. The molecular weight excluding hydrogens is 763 g/mol. The minimum absolute atomic E-state index is 0.0579. The lowest BCUT2D eigenvalue weighted by Crippen LogP contribution is -2.61. The van der Waals surface area contributed by atoms with E-state index in [4.69, 9.17) is 18.9 Å². The molecular formula is C55H51BN2O4. The lowest BCUT2D eigenvalue weighted by atomic mass is 9.33. The standard InChI is InChI=1S/C55H51BN2O4/c1-34-26-47-53-48(27-34)58(46-33-52-50(60-23-25-62-52)31-40(46)36-16-12-9-13-17-36)44-21-19-38(55(5,6)7)29-42(44)56(53)41-28-37(54(2,3)4)18-20-43(41)57(47)45-32-51-49(59-22-24-61-51)30-39(45)35-14-10-8-11-15-35/h8-21,26-33H,22-25H2,1-7H3. The van der Waals surface area contributed by atoms with Crippen LogP contribution >= 0.6 is 0 Å². The summed E-state index contributed by atoms with van der Waals surface area (Å²) in [5.41, 5.74) is 18.5. The van der Waals surface area contributed by atoms with E-state index in [0.29, 0.717) is 26.4 Å². The molecule has 0 N–H and O–H groups in total. The molecule has 0 radical (unpaired) electrons. The second-order valence-corrected chi connectivity index (χ2v) is 19.1. The molecule has 7 heteroatoms. The number of hydrogen-bond acceptors (Lipinski definition) is 6. The Hall–Kier alpha value is -6.60. The van der Waals surface area contributed by atoms with Crippen LogP contribution in [0.1, 0.15) is 58.2 Å². The van der Waals surface area contributed by atoms with E-state index < -0.39 is 0 Å². The maximum absolute atomic E-state index is 6.37. The third-order valence-corrected chi connectivity index (χ3v) is 12.9. The second kappa shape index (κ2) is 14.2. The van der Waals surface area contributed by atoms with Gasteiger partial charge in [-0.1, -0.05) is 126 Å². The number of fused-ring (bicyclic) bond motifs is 6. The van der Waals surface area contributed by atoms with Gasteiger partial charge in [0, 0.05) is 46.0 Å². The van der Waals surface area contributed by atoms with Crippen molar-refractivity contribution in [2.45, 2.75) is 59.3 Å². The van der Waals surface area contributed by atoms with Crippen molar-refractivity contribution in [3.8, 4) is 45.3 Å². The maximum atomic E-state index is 6.37. The van der Waals surface area contributed by atoms with Gasteiger partial charge in [0.25, 0.3) is 6.71 Å². The molecule has 7 aromatic rings. The fourth-order valence-corrected chi connectivity index (χ4v) is 9.82. The smallest absolute Gasteiger partial charge is 0.252 e. The van der Waals surface area contributed by atoms with Crippen LogP contribution < -0.4 is 45.1 Å². The van der Waals surface area contributed by atoms with Crippen molar-refractivity contribution in [3.05, 3.63) is 150 Å². The Bertz CT molecular complexity index is 2720. The molecule has 62 heavy (non-hydrogen) atoms. The maximum Gasteiger partial charge on any atom is 0.252 e.